The molecule has 2 saturated heterocycles. The largest absolute Gasteiger partial charge is 0.442 e. The van der Waals surface area contributed by atoms with E-state index >= 15 is 0 Å². The molecule has 1 N–H and O–H groups in total. The summed E-state index contributed by atoms with van der Waals surface area (Å²) in [5.41, 5.74) is 0. The van der Waals surface area contributed by atoms with Crippen molar-refractivity contribution in [3.8, 4) is 0 Å². The van der Waals surface area contributed by atoms with Crippen LogP contribution in [0.5, 0.6) is 0 Å². The number of unbranched alkanes of at least 4 members (excludes halogenated alkanes) is 2. The molecule has 5 nitrogen and oxygen atoms in total. The van der Waals surface area contributed by atoms with Gasteiger partial charge in [-0.1, -0.05) is 25.8 Å². The lowest BCUT2D eigenvalue weighted by Crippen LogP contribution is -2.53. The molecule has 20 heavy (non-hydrogen) atoms. The molecule has 2 aliphatic rings. The van der Waals surface area contributed by atoms with E-state index in [1.165, 1.54) is 25.8 Å². The Morgan fingerprint density at radius 2 is 2.15 bits per heavy atom. The molecule has 114 valence electrons. The van der Waals surface area contributed by atoms with Gasteiger partial charge in [-0.25, -0.2) is 4.79 Å². The van der Waals surface area contributed by atoms with Crippen LogP contribution in [0.15, 0.2) is 12.7 Å². The van der Waals surface area contributed by atoms with Crippen LogP contribution in [0.1, 0.15) is 26.2 Å². The number of piperazine rings is 1. The van der Waals surface area contributed by atoms with Crippen LogP contribution in [-0.4, -0.2) is 67.3 Å². The highest BCUT2D eigenvalue weighted by atomic mass is 16.6. The second-order valence-corrected chi connectivity index (χ2v) is 5.64. The summed E-state index contributed by atoms with van der Waals surface area (Å²) >= 11 is 0. The van der Waals surface area contributed by atoms with Crippen LogP contribution in [-0.2, 0) is 4.74 Å². The number of nitrogens with zero attached hydrogens (tertiary/aromatic N) is 2. The summed E-state index contributed by atoms with van der Waals surface area (Å²) in [7, 11) is 0. The van der Waals surface area contributed by atoms with Crippen LogP contribution in [0.3, 0.4) is 0 Å². The monoisotopic (exact) mass is 281 g/mol. The number of hydrogen-bond donors (Lipinski definition) is 1. The van der Waals surface area contributed by atoms with E-state index in [4.69, 9.17) is 4.74 Å². The predicted molar refractivity (Wildman–Crippen MR) is 79.8 cm³/mol. The number of nitrogens with one attached hydrogen (secondary N) is 1. The first-order chi connectivity index (χ1) is 9.74. The van der Waals surface area contributed by atoms with Crippen LogP contribution in [0.2, 0.25) is 0 Å². The number of ether oxygens (including phenoxy) is 1. The summed E-state index contributed by atoms with van der Waals surface area (Å²) in [5, 5.41) is 2.72. The van der Waals surface area contributed by atoms with Gasteiger partial charge in [0.25, 0.3) is 0 Å². The van der Waals surface area contributed by atoms with Gasteiger partial charge in [-0.15, -0.1) is 6.58 Å². The second-order valence-electron chi connectivity index (χ2n) is 5.64. The third-order valence-electron chi connectivity index (χ3n) is 4.23. The zero-order chi connectivity index (χ0) is 14.4. The lowest BCUT2D eigenvalue weighted by Gasteiger charge is -2.39. The molecule has 2 heterocycles. The molecule has 0 aromatic rings. The van der Waals surface area contributed by atoms with E-state index in [0.717, 1.165) is 26.2 Å². The van der Waals surface area contributed by atoms with Crippen molar-refractivity contribution in [3.63, 3.8) is 0 Å². The van der Waals surface area contributed by atoms with Gasteiger partial charge in [0.1, 0.15) is 6.10 Å². The Balaban J connectivity index is 1.76. The summed E-state index contributed by atoms with van der Waals surface area (Å²) in [5.74, 6) is 0. The Kier molecular flexibility index (Phi) is 5.86. The van der Waals surface area contributed by atoms with Gasteiger partial charge in [0.2, 0.25) is 0 Å². The number of cyclic esters (lactones) is 1. The molecule has 0 spiro atoms. The normalized spacial score (nSPS) is 26.1. The molecule has 0 aromatic heterocycles. The standard InChI is InChI=1S/C15H27N3O2/c1-3-5-6-7-17-8-10-18(11-9-17)13(4-2)14-12-16-15(19)20-14/h4,13-14H,2-3,5-12H2,1H3,(H,16,19). The maximum atomic E-state index is 11.2. The minimum atomic E-state index is -0.306. The van der Waals surface area contributed by atoms with Gasteiger partial charge in [0, 0.05) is 26.2 Å². The topological polar surface area (TPSA) is 44.8 Å². The summed E-state index contributed by atoms with van der Waals surface area (Å²) in [6, 6.07) is 0.131. The minimum absolute atomic E-state index is 0.0911. The fourth-order valence-electron chi connectivity index (χ4n) is 3.00. The molecule has 5 heteroatoms. The van der Waals surface area contributed by atoms with Gasteiger partial charge < -0.3 is 15.0 Å². The van der Waals surface area contributed by atoms with Gasteiger partial charge >= 0.3 is 6.09 Å². The van der Waals surface area contributed by atoms with Gasteiger partial charge in [0.05, 0.1) is 12.6 Å². The van der Waals surface area contributed by atoms with E-state index < -0.39 is 0 Å². The molecule has 0 aromatic carbocycles. The first-order valence-electron chi connectivity index (χ1n) is 7.78. The van der Waals surface area contributed by atoms with Crippen LogP contribution >= 0.6 is 0 Å². The highest BCUT2D eigenvalue weighted by Crippen LogP contribution is 2.16. The molecule has 0 radical (unpaired) electrons. The van der Waals surface area contributed by atoms with Gasteiger partial charge in [-0.05, 0) is 13.0 Å². The third-order valence-corrected chi connectivity index (χ3v) is 4.23. The average Bonchev–Trinajstić information content (AvgIpc) is 2.88. The lowest BCUT2D eigenvalue weighted by molar-refractivity contribution is 0.0475. The molecule has 2 fully saturated rings. The van der Waals surface area contributed by atoms with Crippen molar-refractivity contribution in [1.82, 2.24) is 15.1 Å². The molecule has 0 saturated carbocycles. The van der Waals surface area contributed by atoms with Crippen molar-refractivity contribution in [2.45, 2.75) is 38.3 Å². The molecule has 0 bridgehead atoms. The number of amides is 1. The highest BCUT2D eigenvalue weighted by Gasteiger charge is 2.34. The summed E-state index contributed by atoms with van der Waals surface area (Å²) in [4.78, 5) is 16.1. The minimum Gasteiger partial charge on any atom is -0.442 e. The smallest absolute Gasteiger partial charge is 0.407 e. The number of alkyl carbamates (subject to hydrolysis) is 1. The zero-order valence-corrected chi connectivity index (χ0v) is 12.5. The van der Waals surface area contributed by atoms with E-state index in [-0.39, 0.29) is 18.2 Å². The van der Waals surface area contributed by atoms with E-state index in [1.807, 2.05) is 6.08 Å². The zero-order valence-electron chi connectivity index (χ0n) is 12.5. The van der Waals surface area contributed by atoms with Crippen LogP contribution < -0.4 is 5.32 Å². The average molecular weight is 281 g/mol. The Labute approximate surface area is 121 Å². The fourth-order valence-corrected chi connectivity index (χ4v) is 3.00. The van der Waals surface area contributed by atoms with Crippen molar-refractivity contribution in [3.05, 3.63) is 12.7 Å². The first-order valence-corrected chi connectivity index (χ1v) is 7.78. The lowest BCUT2D eigenvalue weighted by atomic mass is 10.1. The van der Waals surface area contributed by atoms with E-state index in [2.05, 4.69) is 28.6 Å². The summed E-state index contributed by atoms with van der Waals surface area (Å²) < 4.78 is 5.30. The molecule has 2 aliphatic heterocycles. The van der Waals surface area contributed by atoms with Gasteiger partial charge in [-0.3, -0.25) is 4.90 Å². The molecule has 0 aliphatic carbocycles. The second kappa shape index (κ2) is 7.64. The molecular weight excluding hydrogens is 254 g/mol. The molecule has 1 amide bonds. The van der Waals surface area contributed by atoms with Crippen LogP contribution in [0.25, 0.3) is 0 Å². The third kappa shape index (κ3) is 3.96. The van der Waals surface area contributed by atoms with Gasteiger partial charge in [0.15, 0.2) is 0 Å². The SMILES string of the molecule is C=CC(C1CNC(=O)O1)N1CCN(CCCCC)CC1. The molecule has 2 atom stereocenters. The maximum absolute atomic E-state index is 11.2. The Morgan fingerprint density at radius 1 is 1.40 bits per heavy atom. The van der Waals surface area contributed by atoms with Crippen molar-refractivity contribution in [2.75, 3.05) is 39.3 Å². The quantitative estimate of drug-likeness (QED) is 0.567. The first kappa shape index (κ1) is 15.3. The van der Waals surface area contributed by atoms with Crippen molar-refractivity contribution >= 4 is 6.09 Å². The number of carbonyl (C=O) groups is 1. The molecule has 2 unspecified atom stereocenters. The van der Waals surface area contributed by atoms with E-state index in [0.29, 0.717) is 6.54 Å². The van der Waals surface area contributed by atoms with E-state index in [1.54, 1.807) is 0 Å². The highest BCUT2D eigenvalue weighted by molar-refractivity contribution is 5.69. The van der Waals surface area contributed by atoms with Crippen molar-refractivity contribution in [1.29, 1.82) is 0 Å². The van der Waals surface area contributed by atoms with Crippen LogP contribution in [0.4, 0.5) is 4.79 Å². The van der Waals surface area contributed by atoms with Crippen molar-refractivity contribution in [2.24, 2.45) is 0 Å². The Hall–Kier alpha value is -1.07. The van der Waals surface area contributed by atoms with E-state index in [9.17, 15) is 4.79 Å². The Morgan fingerprint density at radius 3 is 2.70 bits per heavy atom. The van der Waals surface area contributed by atoms with Crippen LogP contribution in [0, 0.1) is 0 Å². The number of carbonyl (C=O) groups excluding carboxylic acids is 1. The summed E-state index contributed by atoms with van der Waals surface area (Å²) in [6.07, 6.45) is 5.41. The number of hydrogen-bond acceptors (Lipinski definition) is 4. The molecule has 2 rings (SSSR count). The summed E-state index contributed by atoms with van der Waals surface area (Å²) in [6.45, 7) is 12.2. The fraction of sp³-hybridized carbons (Fsp3) is 0.800. The maximum Gasteiger partial charge on any atom is 0.407 e. The number of rotatable bonds is 7. The van der Waals surface area contributed by atoms with Gasteiger partial charge in [-0.2, -0.15) is 0 Å². The Bertz CT molecular complexity index is 327. The predicted octanol–water partition coefficient (Wildman–Crippen LogP) is 1.46. The molecular formula is C15H27N3O2. The van der Waals surface area contributed by atoms with Crippen molar-refractivity contribution < 1.29 is 9.53 Å².